The number of benzene rings is 1. The van der Waals surface area contributed by atoms with E-state index >= 15 is 4.39 Å². The van der Waals surface area contributed by atoms with Crippen LogP contribution in [0.2, 0.25) is 0 Å². The van der Waals surface area contributed by atoms with Gasteiger partial charge in [0.2, 0.25) is 5.91 Å². The fraction of sp³-hybridized carbons (Fsp3) is 0.148. The molecule has 1 aromatic carbocycles. The standard InChI is InChI=1S/C27H22FN7OS/c1-13(2)27(36)31-17-8-16(11-29-12-17)15-9-19-22(20(28)10-15)34-35-24(19)26-32-23-18(6-7-30-25(23)33-26)21-5-4-14(3)37-21/h4-13H,1-3H3,(H,31,36)(H,34,35)(H,30,32,33). The number of rotatable bonds is 5. The number of nitrogens with zero attached hydrogens (tertiary/aromatic N) is 4. The average Bonchev–Trinajstić information content (AvgIpc) is 3.61. The van der Waals surface area contributed by atoms with Crippen LogP contribution in [0.5, 0.6) is 0 Å². The number of thiophene rings is 1. The SMILES string of the molecule is Cc1ccc(-c2ccnc3nc(-c4[nH]nc5c(F)cc(-c6cncc(NC(=O)C(C)C)c6)cc45)[nH]c23)s1. The van der Waals surface area contributed by atoms with E-state index in [1.165, 1.54) is 10.9 Å². The molecule has 0 aliphatic rings. The van der Waals surface area contributed by atoms with Gasteiger partial charge >= 0.3 is 0 Å². The summed E-state index contributed by atoms with van der Waals surface area (Å²) in [6.07, 6.45) is 4.93. The van der Waals surface area contributed by atoms with Crippen LogP contribution in [0.25, 0.3) is 55.2 Å². The Balaban J connectivity index is 1.44. The molecule has 10 heteroatoms. The van der Waals surface area contributed by atoms with Crippen molar-refractivity contribution >= 4 is 45.0 Å². The molecule has 0 radical (unpaired) electrons. The summed E-state index contributed by atoms with van der Waals surface area (Å²) in [6, 6.07) is 11.1. The van der Waals surface area contributed by atoms with E-state index in [0.717, 1.165) is 16.0 Å². The highest BCUT2D eigenvalue weighted by molar-refractivity contribution is 7.15. The third kappa shape index (κ3) is 4.15. The van der Waals surface area contributed by atoms with E-state index < -0.39 is 5.82 Å². The number of hydrogen-bond donors (Lipinski definition) is 3. The number of anilines is 1. The smallest absolute Gasteiger partial charge is 0.226 e. The van der Waals surface area contributed by atoms with Crippen LogP contribution in [-0.4, -0.2) is 36.0 Å². The molecule has 0 fully saturated rings. The number of carbonyl (C=O) groups excluding carboxylic acids is 1. The molecule has 8 nitrogen and oxygen atoms in total. The number of H-pyrrole nitrogens is 2. The number of amides is 1. The second-order valence-corrected chi connectivity index (χ2v) is 10.4. The van der Waals surface area contributed by atoms with Crippen LogP contribution in [0.1, 0.15) is 18.7 Å². The molecule has 0 aliphatic heterocycles. The molecule has 6 aromatic rings. The van der Waals surface area contributed by atoms with Crippen molar-refractivity contribution < 1.29 is 9.18 Å². The van der Waals surface area contributed by atoms with Gasteiger partial charge in [-0.3, -0.25) is 14.9 Å². The summed E-state index contributed by atoms with van der Waals surface area (Å²) in [5.74, 6) is -0.254. The lowest BCUT2D eigenvalue weighted by Gasteiger charge is -2.09. The molecular weight excluding hydrogens is 489 g/mol. The molecule has 0 aliphatic carbocycles. The number of hydrogen-bond acceptors (Lipinski definition) is 6. The first-order valence-corrected chi connectivity index (χ1v) is 12.5. The summed E-state index contributed by atoms with van der Waals surface area (Å²) in [7, 11) is 0. The quantitative estimate of drug-likeness (QED) is 0.250. The topological polar surface area (TPSA) is 112 Å². The molecule has 0 atom stereocenters. The number of aromatic nitrogens is 6. The van der Waals surface area contributed by atoms with E-state index in [9.17, 15) is 4.79 Å². The van der Waals surface area contributed by atoms with Gasteiger partial charge in [-0.05, 0) is 48.9 Å². The molecule has 6 rings (SSSR count). The van der Waals surface area contributed by atoms with Gasteiger partial charge in [0.25, 0.3) is 0 Å². The lowest BCUT2D eigenvalue weighted by atomic mass is 10.0. The number of imidazole rings is 1. The normalized spacial score (nSPS) is 11.6. The van der Waals surface area contributed by atoms with Gasteiger partial charge in [0.05, 0.1) is 17.4 Å². The second-order valence-electron chi connectivity index (χ2n) is 9.11. The Bertz CT molecular complexity index is 1800. The zero-order chi connectivity index (χ0) is 25.7. The molecule has 0 saturated heterocycles. The number of aryl methyl sites for hydroxylation is 1. The fourth-order valence-corrected chi connectivity index (χ4v) is 5.09. The Morgan fingerprint density at radius 1 is 1.11 bits per heavy atom. The lowest BCUT2D eigenvalue weighted by molar-refractivity contribution is -0.118. The molecule has 0 bridgehead atoms. The average molecular weight is 512 g/mol. The summed E-state index contributed by atoms with van der Waals surface area (Å²) in [4.78, 5) is 31.1. The number of nitrogens with one attached hydrogen (secondary N) is 3. The Kier molecular flexibility index (Phi) is 5.53. The number of halogens is 1. The number of fused-ring (bicyclic) bond motifs is 2. The largest absolute Gasteiger partial charge is 0.335 e. The van der Waals surface area contributed by atoms with Gasteiger partial charge in [-0.15, -0.1) is 11.3 Å². The summed E-state index contributed by atoms with van der Waals surface area (Å²) in [6.45, 7) is 5.69. The van der Waals surface area contributed by atoms with Crippen LogP contribution in [-0.2, 0) is 4.79 Å². The molecule has 0 saturated carbocycles. The Hall–Kier alpha value is -4.44. The molecule has 5 aromatic heterocycles. The summed E-state index contributed by atoms with van der Waals surface area (Å²) in [5.41, 5.74) is 4.94. The molecular formula is C27H22FN7OS. The molecule has 5 heterocycles. The van der Waals surface area contributed by atoms with Crippen molar-refractivity contribution in [2.75, 3.05) is 5.32 Å². The van der Waals surface area contributed by atoms with E-state index in [1.807, 2.05) is 26.0 Å². The monoisotopic (exact) mass is 511 g/mol. The summed E-state index contributed by atoms with van der Waals surface area (Å²) >= 11 is 1.70. The van der Waals surface area contributed by atoms with E-state index in [0.29, 0.717) is 39.4 Å². The van der Waals surface area contributed by atoms with Gasteiger partial charge in [0.15, 0.2) is 17.3 Å². The van der Waals surface area contributed by atoms with E-state index in [2.05, 4.69) is 54.5 Å². The third-order valence-electron chi connectivity index (χ3n) is 6.11. The van der Waals surface area contributed by atoms with Crippen molar-refractivity contribution in [2.24, 2.45) is 5.92 Å². The van der Waals surface area contributed by atoms with E-state index in [4.69, 9.17) is 0 Å². The van der Waals surface area contributed by atoms with Crippen molar-refractivity contribution in [3.05, 3.63) is 65.7 Å². The minimum absolute atomic E-state index is 0.117. The number of carbonyl (C=O) groups is 1. The van der Waals surface area contributed by atoms with E-state index in [-0.39, 0.29) is 17.3 Å². The molecule has 1 amide bonds. The maximum absolute atomic E-state index is 15.2. The molecule has 3 N–H and O–H groups in total. The highest BCUT2D eigenvalue weighted by Crippen LogP contribution is 2.35. The lowest BCUT2D eigenvalue weighted by Crippen LogP contribution is -2.17. The Morgan fingerprint density at radius 3 is 2.76 bits per heavy atom. The predicted molar refractivity (Wildman–Crippen MR) is 144 cm³/mol. The maximum Gasteiger partial charge on any atom is 0.226 e. The van der Waals surface area contributed by atoms with E-state index in [1.54, 1.807) is 36.0 Å². The second kappa shape index (κ2) is 8.90. The highest BCUT2D eigenvalue weighted by Gasteiger charge is 2.19. The Labute approximate surface area is 215 Å². The number of aromatic amines is 2. The van der Waals surface area contributed by atoms with Crippen molar-refractivity contribution in [3.8, 4) is 33.1 Å². The van der Waals surface area contributed by atoms with Crippen LogP contribution in [0.4, 0.5) is 10.1 Å². The Morgan fingerprint density at radius 2 is 1.97 bits per heavy atom. The van der Waals surface area contributed by atoms with Crippen LogP contribution < -0.4 is 5.32 Å². The first-order valence-electron chi connectivity index (χ1n) is 11.7. The number of pyridine rings is 2. The van der Waals surface area contributed by atoms with Crippen LogP contribution >= 0.6 is 11.3 Å². The van der Waals surface area contributed by atoms with Crippen molar-refractivity contribution in [1.29, 1.82) is 0 Å². The summed E-state index contributed by atoms with van der Waals surface area (Å²) in [5, 5.41) is 10.6. The van der Waals surface area contributed by atoms with Gasteiger partial charge < -0.3 is 10.3 Å². The molecule has 184 valence electrons. The van der Waals surface area contributed by atoms with Gasteiger partial charge in [0.1, 0.15) is 11.2 Å². The zero-order valence-corrected chi connectivity index (χ0v) is 21.1. The first-order chi connectivity index (χ1) is 17.9. The maximum atomic E-state index is 15.2. The van der Waals surface area contributed by atoms with Gasteiger partial charge in [0, 0.05) is 44.6 Å². The zero-order valence-electron chi connectivity index (χ0n) is 20.3. The fourth-order valence-electron chi connectivity index (χ4n) is 4.19. The predicted octanol–water partition coefficient (Wildman–Crippen LogP) is 6.33. The summed E-state index contributed by atoms with van der Waals surface area (Å²) < 4.78 is 15.2. The van der Waals surface area contributed by atoms with Gasteiger partial charge in [-0.2, -0.15) is 5.10 Å². The molecule has 37 heavy (non-hydrogen) atoms. The minimum atomic E-state index is -0.476. The van der Waals surface area contributed by atoms with Crippen molar-refractivity contribution in [2.45, 2.75) is 20.8 Å². The van der Waals surface area contributed by atoms with Crippen molar-refractivity contribution in [1.82, 2.24) is 30.1 Å². The van der Waals surface area contributed by atoms with Crippen LogP contribution in [0.15, 0.2) is 55.0 Å². The van der Waals surface area contributed by atoms with Crippen LogP contribution in [0.3, 0.4) is 0 Å². The first kappa shape index (κ1) is 23.0. The third-order valence-corrected chi connectivity index (χ3v) is 7.14. The van der Waals surface area contributed by atoms with Gasteiger partial charge in [-0.1, -0.05) is 13.8 Å². The van der Waals surface area contributed by atoms with Gasteiger partial charge in [-0.25, -0.2) is 14.4 Å². The minimum Gasteiger partial charge on any atom is -0.335 e. The van der Waals surface area contributed by atoms with Crippen LogP contribution in [0, 0.1) is 18.7 Å². The molecule has 0 unspecified atom stereocenters. The highest BCUT2D eigenvalue weighted by atomic mass is 32.1. The van der Waals surface area contributed by atoms with Crippen molar-refractivity contribution in [3.63, 3.8) is 0 Å². The molecule has 0 spiro atoms.